The van der Waals surface area contributed by atoms with Crippen molar-refractivity contribution in [2.24, 2.45) is 0 Å². The Morgan fingerprint density at radius 1 is 0.483 bits per heavy atom. The molecule has 3 aromatic carbocycles. The van der Waals surface area contributed by atoms with Crippen molar-refractivity contribution in [3.05, 3.63) is 91.0 Å². The third kappa shape index (κ3) is 6.46. The summed E-state index contributed by atoms with van der Waals surface area (Å²) in [6.45, 7) is 12.0. The molecule has 4 rings (SSSR count). The van der Waals surface area contributed by atoms with Crippen molar-refractivity contribution in [1.82, 2.24) is 4.98 Å². The standard InChI is InChI=1S/C21H15NO.3C2H6/c1-4-10-16(11-5-1)19-20(17-12-6-2-7-13-17)23-21(22-19)18-14-8-3-9-15-18;3*1-2/h1-15H;3*1-2H3. The van der Waals surface area contributed by atoms with Gasteiger partial charge in [-0.05, 0) is 12.1 Å². The smallest absolute Gasteiger partial charge is 0.227 e. The lowest BCUT2D eigenvalue weighted by atomic mass is 10.1. The van der Waals surface area contributed by atoms with Crippen LogP contribution >= 0.6 is 0 Å². The number of oxazole rings is 1. The Labute approximate surface area is 176 Å². The van der Waals surface area contributed by atoms with Crippen molar-refractivity contribution in [3.63, 3.8) is 0 Å². The highest BCUT2D eigenvalue weighted by Gasteiger charge is 2.17. The maximum Gasteiger partial charge on any atom is 0.227 e. The van der Waals surface area contributed by atoms with E-state index in [-0.39, 0.29) is 0 Å². The molecule has 0 unspecified atom stereocenters. The first-order chi connectivity index (χ1) is 14.4. The van der Waals surface area contributed by atoms with Crippen LogP contribution in [0.3, 0.4) is 0 Å². The Morgan fingerprint density at radius 3 is 1.31 bits per heavy atom. The minimum atomic E-state index is 0.642. The van der Waals surface area contributed by atoms with Crippen LogP contribution in [0.4, 0.5) is 0 Å². The molecule has 0 aliphatic heterocycles. The van der Waals surface area contributed by atoms with Crippen LogP contribution in [-0.2, 0) is 0 Å². The van der Waals surface area contributed by atoms with Gasteiger partial charge in [0.2, 0.25) is 5.89 Å². The van der Waals surface area contributed by atoms with Gasteiger partial charge < -0.3 is 4.42 Å². The zero-order valence-electron chi connectivity index (χ0n) is 18.5. The highest BCUT2D eigenvalue weighted by atomic mass is 16.4. The van der Waals surface area contributed by atoms with Gasteiger partial charge in [0.15, 0.2) is 5.76 Å². The van der Waals surface area contributed by atoms with Crippen molar-refractivity contribution in [3.8, 4) is 34.0 Å². The maximum atomic E-state index is 6.13. The molecule has 0 aliphatic carbocycles. The number of hydrogen-bond donors (Lipinski definition) is 0. The summed E-state index contributed by atoms with van der Waals surface area (Å²) < 4.78 is 6.13. The molecule has 0 N–H and O–H groups in total. The monoisotopic (exact) mass is 387 g/mol. The van der Waals surface area contributed by atoms with E-state index in [4.69, 9.17) is 9.40 Å². The molecule has 0 aliphatic rings. The van der Waals surface area contributed by atoms with E-state index >= 15 is 0 Å². The van der Waals surface area contributed by atoms with Crippen molar-refractivity contribution in [2.45, 2.75) is 41.5 Å². The first-order valence-corrected chi connectivity index (χ1v) is 10.6. The summed E-state index contributed by atoms with van der Waals surface area (Å²) in [5, 5.41) is 0. The van der Waals surface area contributed by atoms with Crippen LogP contribution < -0.4 is 0 Å². The fourth-order valence-electron chi connectivity index (χ4n) is 2.60. The summed E-state index contributed by atoms with van der Waals surface area (Å²) in [5.74, 6) is 1.44. The first kappa shape index (κ1) is 23.9. The largest absolute Gasteiger partial charge is 0.435 e. The second-order valence-electron chi connectivity index (χ2n) is 5.29. The Balaban J connectivity index is 0.000000644. The van der Waals surface area contributed by atoms with Gasteiger partial charge in [0.05, 0.1) is 0 Å². The van der Waals surface area contributed by atoms with E-state index in [1.54, 1.807) is 0 Å². The quantitative estimate of drug-likeness (QED) is 0.351. The third-order valence-electron chi connectivity index (χ3n) is 3.73. The van der Waals surface area contributed by atoms with Gasteiger partial charge in [-0.15, -0.1) is 0 Å². The second-order valence-corrected chi connectivity index (χ2v) is 5.29. The molecular formula is C27H33NO. The van der Waals surface area contributed by atoms with Crippen LogP contribution in [-0.4, -0.2) is 4.98 Å². The average Bonchev–Trinajstić information content (AvgIpc) is 3.30. The van der Waals surface area contributed by atoms with E-state index in [9.17, 15) is 0 Å². The van der Waals surface area contributed by atoms with Crippen molar-refractivity contribution in [2.75, 3.05) is 0 Å². The Hall–Kier alpha value is -3.13. The van der Waals surface area contributed by atoms with Gasteiger partial charge in [-0.25, -0.2) is 4.98 Å². The number of rotatable bonds is 3. The van der Waals surface area contributed by atoms with Gasteiger partial charge in [0.1, 0.15) is 5.69 Å². The molecule has 0 fully saturated rings. The predicted octanol–water partition coefficient (Wildman–Crippen LogP) is 8.75. The Bertz CT molecular complexity index is 840. The van der Waals surface area contributed by atoms with Crippen LogP contribution in [0.5, 0.6) is 0 Å². The van der Waals surface area contributed by atoms with E-state index in [0.29, 0.717) is 5.89 Å². The summed E-state index contributed by atoms with van der Waals surface area (Å²) in [4.78, 5) is 4.76. The fraction of sp³-hybridized carbons (Fsp3) is 0.222. The summed E-state index contributed by atoms with van der Waals surface area (Å²) in [5.41, 5.74) is 3.93. The molecular weight excluding hydrogens is 354 g/mol. The Kier molecular flexibility index (Phi) is 11.5. The molecule has 152 valence electrons. The molecule has 4 aromatic rings. The number of nitrogens with zero attached hydrogens (tertiary/aromatic N) is 1. The van der Waals surface area contributed by atoms with Gasteiger partial charge in [-0.1, -0.05) is 120 Å². The van der Waals surface area contributed by atoms with Crippen LogP contribution in [0.1, 0.15) is 41.5 Å². The molecule has 0 saturated carbocycles. The van der Waals surface area contributed by atoms with Crippen LogP contribution in [0.2, 0.25) is 0 Å². The molecule has 29 heavy (non-hydrogen) atoms. The predicted molar refractivity (Wildman–Crippen MR) is 127 cm³/mol. The van der Waals surface area contributed by atoms with E-state index in [1.165, 1.54) is 0 Å². The molecule has 0 spiro atoms. The van der Waals surface area contributed by atoms with Gasteiger partial charge in [0.25, 0.3) is 0 Å². The summed E-state index contributed by atoms with van der Waals surface area (Å²) >= 11 is 0. The third-order valence-corrected chi connectivity index (χ3v) is 3.73. The minimum absolute atomic E-state index is 0.642. The van der Waals surface area contributed by atoms with Crippen molar-refractivity contribution in [1.29, 1.82) is 0 Å². The van der Waals surface area contributed by atoms with Crippen LogP contribution in [0.25, 0.3) is 34.0 Å². The first-order valence-electron chi connectivity index (χ1n) is 10.6. The molecule has 2 heteroatoms. The number of benzene rings is 3. The van der Waals surface area contributed by atoms with Gasteiger partial charge in [-0.2, -0.15) is 0 Å². The van der Waals surface area contributed by atoms with Gasteiger partial charge in [0, 0.05) is 16.7 Å². The lowest BCUT2D eigenvalue weighted by Crippen LogP contribution is -1.82. The zero-order chi connectivity index (χ0) is 21.5. The molecule has 1 heterocycles. The average molecular weight is 388 g/mol. The second kappa shape index (κ2) is 14.0. The van der Waals surface area contributed by atoms with Gasteiger partial charge >= 0.3 is 0 Å². The lowest BCUT2D eigenvalue weighted by molar-refractivity contribution is 0.589. The molecule has 0 amide bonds. The van der Waals surface area contributed by atoms with Crippen LogP contribution in [0, 0.1) is 0 Å². The van der Waals surface area contributed by atoms with E-state index < -0.39 is 0 Å². The summed E-state index contributed by atoms with van der Waals surface area (Å²) in [7, 11) is 0. The maximum absolute atomic E-state index is 6.13. The SMILES string of the molecule is CC.CC.CC.c1ccc(-c2nc(-c3ccccc3)c(-c3ccccc3)o2)cc1. The summed E-state index contributed by atoms with van der Waals surface area (Å²) in [6, 6.07) is 30.2. The fourth-order valence-corrected chi connectivity index (χ4v) is 2.60. The number of aromatic nitrogens is 1. The lowest BCUT2D eigenvalue weighted by Gasteiger charge is -2.00. The molecule has 0 atom stereocenters. The van der Waals surface area contributed by atoms with Crippen molar-refractivity contribution >= 4 is 0 Å². The highest BCUT2D eigenvalue weighted by molar-refractivity contribution is 5.78. The molecule has 0 radical (unpaired) electrons. The zero-order valence-corrected chi connectivity index (χ0v) is 18.5. The van der Waals surface area contributed by atoms with Crippen molar-refractivity contribution < 1.29 is 4.42 Å². The number of hydrogen-bond acceptors (Lipinski definition) is 2. The topological polar surface area (TPSA) is 26.0 Å². The molecule has 0 saturated heterocycles. The van der Waals surface area contributed by atoms with E-state index in [0.717, 1.165) is 28.1 Å². The molecule has 0 bridgehead atoms. The van der Waals surface area contributed by atoms with Gasteiger partial charge in [-0.3, -0.25) is 0 Å². The molecule has 1 aromatic heterocycles. The normalized spacial score (nSPS) is 9.03. The van der Waals surface area contributed by atoms with Crippen LogP contribution in [0.15, 0.2) is 95.4 Å². The molecule has 2 nitrogen and oxygen atoms in total. The van der Waals surface area contributed by atoms with E-state index in [1.807, 2.05) is 120 Å². The minimum Gasteiger partial charge on any atom is -0.435 e. The van der Waals surface area contributed by atoms with E-state index in [2.05, 4.69) is 12.1 Å². The Morgan fingerprint density at radius 2 is 0.862 bits per heavy atom. The highest BCUT2D eigenvalue weighted by Crippen LogP contribution is 2.35. The summed E-state index contributed by atoms with van der Waals surface area (Å²) in [6.07, 6.45) is 0.